The van der Waals surface area contributed by atoms with Crippen molar-refractivity contribution in [3.63, 3.8) is 0 Å². The fraction of sp³-hybridized carbons (Fsp3) is 0.538. The second-order valence-corrected chi connectivity index (χ2v) is 7.52. The van der Waals surface area contributed by atoms with Gasteiger partial charge in [0.15, 0.2) is 0 Å². The van der Waals surface area contributed by atoms with Crippen LogP contribution in [0.1, 0.15) is 35.5 Å². The minimum absolute atomic E-state index is 0.169. The third-order valence-corrected chi connectivity index (χ3v) is 6.25. The second-order valence-electron chi connectivity index (χ2n) is 6.05. The number of H-pyrrole nitrogens is 1. The largest absolute Gasteiger partial charge is 0.278 e. The molecule has 0 aromatic carbocycles. The highest BCUT2D eigenvalue weighted by Gasteiger charge is 2.41. The summed E-state index contributed by atoms with van der Waals surface area (Å²) >= 11 is 7.34. The Bertz CT molecular complexity index is 787. The number of thiophene rings is 1. The lowest BCUT2D eigenvalue weighted by Crippen LogP contribution is -2.39. The van der Waals surface area contributed by atoms with Gasteiger partial charge in [-0.05, 0) is 43.0 Å². The lowest BCUT2D eigenvalue weighted by Gasteiger charge is -2.31. The highest BCUT2D eigenvalue weighted by atomic mass is 32.1. The molecule has 2 atom stereocenters. The van der Waals surface area contributed by atoms with Gasteiger partial charge in [-0.15, -0.1) is 16.4 Å². The summed E-state index contributed by atoms with van der Waals surface area (Å²) in [6.45, 7) is 3.10. The van der Waals surface area contributed by atoms with E-state index in [0.717, 1.165) is 18.5 Å². The molecular formula is C13H16N6S2. The minimum Gasteiger partial charge on any atom is -0.278 e. The topological polar surface area (TPSA) is 60.9 Å². The molecule has 0 saturated carbocycles. The van der Waals surface area contributed by atoms with Crippen LogP contribution in [-0.2, 0) is 12.8 Å². The van der Waals surface area contributed by atoms with Gasteiger partial charge in [0.2, 0.25) is 10.7 Å². The van der Waals surface area contributed by atoms with Gasteiger partial charge in [0.25, 0.3) is 0 Å². The molecule has 2 aromatic rings. The monoisotopic (exact) mass is 320 g/mol. The summed E-state index contributed by atoms with van der Waals surface area (Å²) in [4.78, 5) is 1.53. The Labute approximate surface area is 131 Å². The molecule has 1 fully saturated rings. The fourth-order valence-corrected chi connectivity index (χ4v) is 5.33. The molecule has 4 heterocycles. The standard InChI is InChI=1S/C13H16N6S2/c1-6-2-3-8-7(4-6)9-10-14-5-15-19(10)12-16-17-13(20)18(12)11(9)21-8/h6,10,14-15H,2-5H2,1H3,(H,17,20)/t6-,10?/m1/s1. The molecule has 3 aliphatic rings. The summed E-state index contributed by atoms with van der Waals surface area (Å²) in [7, 11) is 0. The van der Waals surface area contributed by atoms with Crippen molar-refractivity contribution in [2.45, 2.75) is 32.4 Å². The van der Waals surface area contributed by atoms with E-state index >= 15 is 0 Å². The molecule has 5 rings (SSSR count). The van der Waals surface area contributed by atoms with Gasteiger partial charge in [0.05, 0.1) is 6.67 Å². The SMILES string of the molecule is C[C@@H]1CCc2sc3c(c2C1)C1NCNN1c1n[nH]c(=S)n1-3. The summed E-state index contributed by atoms with van der Waals surface area (Å²) in [6.07, 6.45) is 3.82. The van der Waals surface area contributed by atoms with E-state index in [1.807, 2.05) is 11.3 Å². The van der Waals surface area contributed by atoms with Gasteiger partial charge in [-0.1, -0.05) is 6.92 Å². The van der Waals surface area contributed by atoms with Crippen LogP contribution in [0.5, 0.6) is 0 Å². The van der Waals surface area contributed by atoms with Crippen LogP contribution < -0.4 is 15.8 Å². The molecule has 110 valence electrons. The van der Waals surface area contributed by atoms with E-state index in [-0.39, 0.29) is 6.17 Å². The predicted molar refractivity (Wildman–Crippen MR) is 84.2 cm³/mol. The maximum atomic E-state index is 5.45. The fourth-order valence-electron chi connectivity index (χ4n) is 3.68. The number of hydrogen-bond acceptors (Lipinski definition) is 6. The molecule has 1 unspecified atom stereocenters. The van der Waals surface area contributed by atoms with E-state index < -0.39 is 0 Å². The van der Waals surface area contributed by atoms with Gasteiger partial charge >= 0.3 is 0 Å². The number of aryl methyl sites for hydroxylation is 1. The molecule has 1 aliphatic carbocycles. The Morgan fingerprint density at radius 1 is 1.43 bits per heavy atom. The predicted octanol–water partition coefficient (Wildman–Crippen LogP) is 2.00. The number of aromatic nitrogens is 3. The van der Waals surface area contributed by atoms with Crippen LogP contribution in [0.3, 0.4) is 0 Å². The lowest BCUT2D eigenvalue weighted by molar-refractivity contribution is 0.495. The van der Waals surface area contributed by atoms with Crippen LogP contribution in [0.15, 0.2) is 0 Å². The van der Waals surface area contributed by atoms with Crippen molar-refractivity contribution in [1.82, 2.24) is 25.5 Å². The molecule has 0 spiro atoms. The summed E-state index contributed by atoms with van der Waals surface area (Å²) in [5.74, 6) is 1.62. The Balaban J connectivity index is 1.82. The van der Waals surface area contributed by atoms with E-state index in [0.29, 0.717) is 4.77 Å². The van der Waals surface area contributed by atoms with Crippen LogP contribution in [-0.4, -0.2) is 21.4 Å². The molecule has 6 nitrogen and oxygen atoms in total. The zero-order chi connectivity index (χ0) is 14.1. The maximum Gasteiger partial charge on any atom is 0.247 e. The molecule has 0 radical (unpaired) electrons. The van der Waals surface area contributed by atoms with Gasteiger partial charge in [-0.3, -0.25) is 10.3 Å². The van der Waals surface area contributed by atoms with Crippen LogP contribution in [0.4, 0.5) is 5.95 Å². The minimum atomic E-state index is 0.169. The third-order valence-electron chi connectivity index (χ3n) is 4.68. The van der Waals surface area contributed by atoms with E-state index in [2.05, 4.69) is 37.4 Å². The second kappa shape index (κ2) is 4.16. The quantitative estimate of drug-likeness (QED) is 0.648. The van der Waals surface area contributed by atoms with Crippen molar-refractivity contribution in [3.8, 4) is 5.00 Å². The molecule has 2 aliphatic heterocycles. The van der Waals surface area contributed by atoms with Crippen molar-refractivity contribution in [1.29, 1.82) is 0 Å². The van der Waals surface area contributed by atoms with Crippen molar-refractivity contribution < 1.29 is 0 Å². The number of anilines is 1. The van der Waals surface area contributed by atoms with Crippen LogP contribution in [0.2, 0.25) is 0 Å². The van der Waals surface area contributed by atoms with E-state index in [1.54, 1.807) is 0 Å². The summed E-state index contributed by atoms with van der Waals surface area (Å²) in [5, 5.41) is 14.2. The normalized spacial score (nSPS) is 26.2. The van der Waals surface area contributed by atoms with E-state index in [4.69, 9.17) is 12.2 Å². The zero-order valence-corrected chi connectivity index (χ0v) is 13.3. The number of rotatable bonds is 0. The number of hydrazine groups is 1. The Morgan fingerprint density at radius 3 is 3.24 bits per heavy atom. The van der Waals surface area contributed by atoms with Crippen LogP contribution >= 0.6 is 23.6 Å². The summed E-state index contributed by atoms with van der Waals surface area (Å²) < 4.78 is 2.75. The van der Waals surface area contributed by atoms with E-state index in [1.165, 1.54) is 40.3 Å². The summed E-state index contributed by atoms with van der Waals surface area (Å²) in [5.41, 5.74) is 6.29. The zero-order valence-electron chi connectivity index (χ0n) is 11.6. The van der Waals surface area contributed by atoms with Gasteiger partial charge in [0.1, 0.15) is 11.2 Å². The Hall–Kier alpha value is -1.22. The van der Waals surface area contributed by atoms with Crippen molar-refractivity contribution in [3.05, 3.63) is 20.8 Å². The molecule has 21 heavy (non-hydrogen) atoms. The molecule has 2 aromatic heterocycles. The van der Waals surface area contributed by atoms with Gasteiger partial charge in [0, 0.05) is 10.4 Å². The average Bonchev–Trinajstić information content (AvgIpc) is 3.13. The number of hydrogen-bond donors (Lipinski definition) is 3. The lowest BCUT2D eigenvalue weighted by atomic mass is 9.87. The molecule has 0 bridgehead atoms. The first-order chi connectivity index (χ1) is 10.2. The molecular weight excluding hydrogens is 304 g/mol. The summed E-state index contributed by atoms with van der Waals surface area (Å²) in [6, 6.07) is 0. The first kappa shape index (κ1) is 12.3. The Morgan fingerprint density at radius 2 is 2.33 bits per heavy atom. The van der Waals surface area contributed by atoms with E-state index in [9.17, 15) is 0 Å². The number of nitrogens with one attached hydrogen (secondary N) is 3. The number of fused-ring (bicyclic) bond motifs is 8. The maximum absolute atomic E-state index is 5.45. The number of nitrogens with zero attached hydrogens (tertiary/aromatic N) is 3. The number of aromatic amines is 1. The highest BCUT2D eigenvalue weighted by molar-refractivity contribution is 7.71. The molecule has 1 saturated heterocycles. The smallest absolute Gasteiger partial charge is 0.247 e. The third kappa shape index (κ3) is 1.53. The molecule has 0 amide bonds. The van der Waals surface area contributed by atoms with Gasteiger partial charge < -0.3 is 0 Å². The first-order valence-corrected chi connectivity index (χ1v) is 8.55. The van der Waals surface area contributed by atoms with Crippen molar-refractivity contribution >= 4 is 29.5 Å². The van der Waals surface area contributed by atoms with Crippen molar-refractivity contribution in [2.24, 2.45) is 5.92 Å². The highest BCUT2D eigenvalue weighted by Crippen LogP contribution is 2.46. The molecule has 8 heteroatoms. The van der Waals surface area contributed by atoms with Gasteiger partial charge in [-0.2, -0.15) is 0 Å². The van der Waals surface area contributed by atoms with Crippen molar-refractivity contribution in [2.75, 3.05) is 11.7 Å². The van der Waals surface area contributed by atoms with Crippen LogP contribution in [0, 0.1) is 10.7 Å². The average molecular weight is 320 g/mol. The molecule has 3 N–H and O–H groups in total. The van der Waals surface area contributed by atoms with Crippen LogP contribution in [0.25, 0.3) is 5.00 Å². The first-order valence-electron chi connectivity index (χ1n) is 7.32. The Kier molecular flexibility index (Phi) is 2.44. The van der Waals surface area contributed by atoms with Gasteiger partial charge in [-0.25, -0.2) is 15.1 Å².